The maximum Gasteiger partial charge on any atom is 0.358 e. The third kappa shape index (κ3) is 3.30. The van der Waals surface area contributed by atoms with Gasteiger partial charge < -0.3 is 10.5 Å². The van der Waals surface area contributed by atoms with Crippen molar-refractivity contribution in [2.75, 3.05) is 12.8 Å². The van der Waals surface area contributed by atoms with Crippen molar-refractivity contribution in [1.82, 2.24) is 4.98 Å². The zero-order chi connectivity index (χ0) is 18.0. The number of nitrogens with zero attached hydrogens (tertiary/aromatic N) is 1. The van der Waals surface area contributed by atoms with Crippen LogP contribution in [0.1, 0.15) is 35.6 Å². The van der Waals surface area contributed by atoms with Gasteiger partial charge in [-0.15, -0.1) is 0 Å². The highest BCUT2D eigenvalue weighted by molar-refractivity contribution is 6.35. The van der Waals surface area contributed by atoms with Crippen molar-refractivity contribution >= 4 is 34.9 Å². The Bertz CT molecular complexity index is 800. The lowest BCUT2D eigenvalue weighted by Crippen LogP contribution is -2.09. The molecule has 0 bridgehead atoms. The molecule has 2 N–H and O–H groups in total. The molecule has 0 aliphatic heterocycles. The second-order valence-electron chi connectivity index (χ2n) is 4.95. The van der Waals surface area contributed by atoms with Gasteiger partial charge in [-0.1, -0.05) is 30.1 Å². The third-order valence-corrected chi connectivity index (χ3v) is 4.17. The Kier molecular flexibility index (Phi) is 5.62. The summed E-state index contributed by atoms with van der Waals surface area (Å²) in [5.74, 6) is -1.68. The van der Waals surface area contributed by atoms with E-state index < -0.39 is 18.0 Å². The van der Waals surface area contributed by atoms with Gasteiger partial charge in [0.15, 0.2) is 5.69 Å². The summed E-state index contributed by atoms with van der Waals surface area (Å²) in [6.45, 7) is 1.57. The highest BCUT2D eigenvalue weighted by atomic mass is 35.5. The zero-order valence-corrected chi connectivity index (χ0v) is 14.4. The highest BCUT2D eigenvalue weighted by Gasteiger charge is 2.23. The van der Waals surface area contributed by atoms with Crippen molar-refractivity contribution in [3.8, 4) is 11.3 Å². The predicted molar refractivity (Wildman–Crippen MR) is 89.5 cm³/mol. The van der Waals surface area contributed by atoms with Crippen molar-refractivity contribution in [3.05, 3.63) is 45.3 Å². The summed E-state index contributed by atoms with van der Waals surface area (Å²) >= 11 is 11.8. The van der Waals surface area contributed by atoms with Crippen molar-refractivity contribution in [1.29, 1.82) is 0 Å². The Morgan fingerprint density at radius 2 is 2.08 bits per heavy atom. The van der Waals surface area contributed by atoms with E-state index in [0.717, 1.165) is 7.11 Å². The Morgan fingerprint density at radius 1 is 1.42 bits per heavy atom. The fourth-order valence-electron chi connectivity index (χ4n) is 2.18. The lowest BCUT2D eigenvalue weighted by Gasteiger charge is -2.14. The van der Waals surface area contributed by atoms with Crippen LogP contribution in [0.2, 0.25) is 10.0 Å². The number of hydrogen-bond acceptors (Lipinski definition) is 4. The molecule has 1 heterocycles. The smallest absolute Gasteiger partial charge is 0.358 e. The molecule has 0 aliphatic rings. The minimum atomic E-state index is -1.57. The maximum atomic E-state index is 14.7. The second kappa shape index (κ2) is 7.32. The molecule has 0 saturated heterocycles. The Labute approximate surface area is 147 Å². The fraction of sp³-hybridized carbons (Fsp3) is 0.250. The predicted octanol–water partition coefficient (Wildman–Crippen LogP) is 4.98. The van der Waals surface area contributed by atoms with Gasteiger partial charge in [0.05, 0.1) is 23.5 Å². The molecule has 2 aromatic rings. The molecule has 4 nitrogen and oxygen atoms in total. The Balaban J connectivity index is 2.69. The number of anilines is 1. The molecule has 0 aliphatic carbocycles. The minimum Gasteiger partial charge on any atom is -0.464 e. The molecule has 1 unspecified atom stereocenters. The fourth-order valence-corrected chi connectivity index (χ4v) is 2.62. The molecule has 0 spiro atoms. The van der Waals surface area contributed by atoms with Crippen LogP contribution in [0.25, 0.3) is 11.3 Å². The summed E-state index contributed by atoms with van der Waals surface area (Å²) in [5, 5.41) is -0.127. The second-order valence-corrected chi connectivity index (χ2v) is 5.73. The van der Waals surface area contributed by atoms with E-state index in [0.29, 0.717) is 0 Å². The van der Waals surface area contributed by atoms with Crippen LogP contribution in [-0.2, 0) is 4.74 Å². The molecule has 8 heteroatoms. The normalized spacial score (nSPS) is 12.1. The monoisotopic (exact) mass is 374 g/mol. The molecule has 1 aromatic carbocycles. The van der Waals surface area contributed by atoms with E-state index in [1.165, 1.54) is 18.2 Å². The van der Waals surface area contributed by atoms with E-state index in [2.05, 4.69) is 9.72 Å². The molecule has 0 saturated carbocycles. The van der Waals surface area contributed by atoms with Crippen molar-refractivity contribution in [2.24, 2.45) is 0 Å². The topological polar surface area (TPSA) is 65.2 Å². The van der Waals surface area contributed by atoms with Gasteiger partial charge in [0.25, 0.3) is 0 Å². The lowest BCUT2D eigenvalue weighted by atomic mass is 10.0. The number of methoxy groups -OCH3 is 1. The summed E-state index contributed by atoms with van der Waals surface area (Å²) in [6, 6.07) is 3.99. The molecule has 2 rings (SSSR count). The van der Waals surface area contributed by atoms with Crippen LogP contribution >= 0.6 is 23.2 Å². The van der Waals surface area contributed by atoms with Gasteiger partial charge in [-0.25, -0.2) is 18.6 Å². The van der Waals surface area contributed by atoms with Crippen LogP contribution in [0.3, 0.4) is 0 Å². The first-order valence-electron chi connectivity index (χ1n) is 6.98. The van der Waals surface area contributed by atoms with Crippen LogP contribution in [-0.4, -0.2) is 18.1 Å². The average Bonchev–Trinajstić information content (AvgIpc) is 2.56. The van der Waals surface area contributed by atoms with Gasteiger partial charge in [-0.3, -0.25) is 0 Å². The molecule has 24 heavy (non-hydrogen) atoms. The number of esters is 1. The van der Waals surface area contributed by atoms with Gasteiger partial charge in [0.1, 0.15) is 12.0 Å². The molecule has 128 valence electrons. The summed E-state index contributed by atoms with van der Waals surface area (Å²) in [7, 11) is 1.15. The number of benzene rings is 1. The summed E-state index contributed by atoms with van der Waals surface area (Å²) in [6.07, 6.45) is -1.51. The number of pyridine rings is 1. The third-order valence-electron chi connectivity index (χ3n) is 3.44. The van der Waals surface area contributed by atoms with Crippen LogP contribution in [0.4, 0.5) is 14.5 Å². The first-order valence-corrected chi connectivity index (χ1v) is 7.74. The number of ether oxygens (including phenoxy) is 1. The summed E-state index contributed by atoms with van der Waals surface area (Å²) in [5.41, 5.74) is 5.24. The van der Waals surface area contributed by atoms with Crippen LogP contribution < -0.4 is 5.73 Å². The van der Waals surface area contributed by atoms with Crippen LogP contribution in [0.5, 0.6) is 0 Å². The lowest BCUT2D eigenvalue weighted by molar-refractivity contribution is 0.0594. The van der Waals surface area contributed by atoms with E-state index >= 15 is 0 Å². The molecule has 1 aromatic heterocycles. The molecular formula is C16H14Cl2F2N2O2. The Morgan fingerprint density at radius 3 is 2.67 bits per heavy atom. The Hall–Kier alpha value is -1.92. The zero-order valence-electron chi connectivity index (χ0n) is 12.9. The number of rotatable bonds is 4. The SMILES string of the molecule is CCC(F)c1c(Cl)ccc(-c2cc(N)c(Cl)c(C(=O)OC)n2)c1F. The van der Waals surface area contributed by atoms with E-state index in [4.69, 9.17) is 28.9 Å². The number of alkyl halides is 1. The number of carbonyl (C=O) groups is 1. The number of nitrogen functional groups attached to an aromatic ring is 1. The number of aromatic nitrogens is 1. The van der Waals surface area contributed by atoms with Crippen molar-refractivity contribution < 1.29 is 18.3 Å². The highest BCUT2D eigenvalue weighted by Crippen LogP contribution is 2.37. The quantitative estimate of drug-likeness (QED) is 0.766. The van der Waals surface area contributed by atoms with Gasteiger partial charge in [0.2, 0.25) is 0 Å². The van der Waals surface area contributed by atoms with Gasteiger partial charge in [0, 0.05) is 16.1 Å². The average molecular weight is 375 g/mol. The standard InChI is InChI=1S/C16H14Cl2F2N2O2/c1-3-9(19)12-8(17)5-4-7(14(12)20)11-6-10(21)13(18)15(22-11)16(23)24-2/h4-6,9H,3H2,1-2H3,(H2,21,22). The minimum absolute atomic E-state index is 0.0188. The molecule has 1 atom stereocenters. The van der Waals surface area contributed by atoms with E-state index in [1.807, 2.05) is 0 Å². The van der Waals surface area contributed by atoms with E-state index in [1.54, 1.807) is 6.92 Å². The van der Waals surface area contributed by atoms with Crippen LogP contribution in [0.15, 0.2) is 18.2 Å². The molecular weight excluding hydrogens is 361 g/mol. The summed E-state index contributed by atoms with van der Waals surface area (Å²) in [4.78, 5) is 15.7. The van der Waals surface area contributed by atoms with Gasteiger partial charge >= 0.3 is 5.97 Å². The largest absolute Gasteiger partial charge is 0.464 e. The number of nitrogens with two attached hydrogens (primary N) is 1. The van der Waals surface area contributed by atoms with Gasteiger partial charge in [-0.2, -0.15) is 0 Å². The number of halogens is 4. The maximum absolute atomic E-state index is 14.7. The number of hydrogen-bond donors (Lipinski definition) is 1. The molecule has 0 fully saturated rings. The van der Waals surface area contributed by atoms with Crippen LogP contribution in [0, 0.1) is 5.82 Å². The van der Waals surface area contributed by atoms with E-state index in [9.17, 15) is 13.6 Å². The van der Waals surface area contributed by atoms with Crippen molar-refractivity contribution in [2.45, 2.75) is 19.5 Å². The van der Waals surface area contributed by atoms with E-state index in [-0.39, 0.29) is 44.7 Å². The summed E-state index contributed by atoms with van der Waals surface area (Å²) < 4.78 is 33.3. The number of carbonyl (C=O) groups excluding carboxylic acids is 1. The van der Waals surface area contributed by atoms with Crippen molar-refractivity contribution in [3.63, 3.8) is 0 Å². The first kappa shape index (κ1) is 18.4. The molecule has 0 amide bonds. The van der Waals surface area contributed by atoms with Gasteiger partial charge in [-0.05, 0) is 24.6 Å². The first-order chi connectivity index (χ1) is 11.3. The molecule has 0 radical (unpaired) electrons.